The molecule has 0 unspecified atom stereocenters. The highest BCUT2D eigenvalue weighted by Gasteiger charge is 2.41. The Morgan fingerprint density at radius 3 is 2.61 bits per heavy atom. The van der Waals surface area contributed by atoms with Crippen molar-refractivity contribution in [3.63, 3.8) is 0 Å². The zero-order chi connectivity index (χ0) is 19.6. The molecule has 1 amide bonds. The van der Waals surface area contributed by atoms with Crippen LogP contribution in [-0.2, 0) is 15.9 Å². The van der Waals surface area contributed by atoms with Crippen LogP contribution in [0.4, 0.5) is 11.6 Å². The summed E-state index contributed by atoms with van der Waals surface area (Å²) in [5.41, 5.74) is 3.31. The first-order valence-corrected chi connectivity index (χ1v) is 9.86. The molecule has 2 aliphatic heterocycles. The minimum atomic E-state index is -0.491. The van der Waals surface area contributed by atoms with Crippen molar-refractivity contribution < 1.29 is 14.3 Å². The summed E-state index contributed by atoms with van der Waals surface area (Å²) in [6, 6.07) is 9.79. The molecule has 0 saturated carbocycles. The van der Waals surface area contributed by atoms with Gasteiger partial charge in [0.2, 0.25) is 5.95 Å². The molecular weight excluding hydrogens is 356 g/mol. The maximum absolute atomic E-state index is 13.0. The van der Waals surface area contributed by atoms with Gasteiger partial charge in [-0.05, 0) is 31.0 Å². The minimum absolute atomic E-state index is 0.0785. The maximum Gasteiger partial charge on any atom is 0.272 e. The van der Waals surface area contributed by atoms with Gasteiger partial charge in [-0.2, -0.15) is 0 Å². The number of nitrogens with zero attached hydrogens (tertiary/aromatic N) is 3. The molecule has 28 heavy (non-hydrogen) atoms. The van der Waals surface area contributed by atoms with Crippen LogP contribution in [-0.4, -0.2) is 52.9 Å². The molecule has 1 aromatic heterocycles. The molecule has 0 atom stereocenters. The summed E-state index contributed by atoms with van der Waals surface area (Å²) in [5, 5.41) is 3.27. The number of aryl methyl sites for hydroxylation is 2. The van der Waals surface area contributed by atoms with E-state index in [4.69, 9.17) is 9.47 Å². The lowest BCUT2D eigenvalue weighted by molar-refractivity contribution is -0.181. The molecule has 1 aromatic carbocycles. The lowest BCUT2D eigenvalue weighted by atomic mass is 10.0. The number of anilines is 2. The number of rotatable bonds is 4. The summed E-state index contributed by atoms with van der Waals surface area (Å²) in [5.74, 6) is -0.125. The highest BCUT2D eigenvalue weighted by Crippen LogP contribution is 2.31. The quantitative estimate of drug-likeness (QED) is 0.876. The fourth-order valence-corrected chi connectivity index (χ4v) is 3.80. The third kappa shape index (κ3) is 3.86. The number of aromatic nitrogens is 2. The zero-order valence-corrected chi connectivity index (χ0v) is 16.4. The van der Waals surface area contributed by atoms with Crippen molar-refractivity contribution in [1.29, 1.82) is 0 Å². The average Bonchev–Trinajstić information content (AvgIpc) is 3.16. The van der Waals surface area contributed by atoms with Gasteiger partial charge >= 0.3 is 0 Å². The largest absolute Gasteiger partial charge is 0.347 e. The van der Waals surface area contributed by atoms with Gasteiger partial charge in [0, 0.05) is 37.3 Å². The number of nitrogens with one attached hydrogen (secondary N) is 1. The standard InChI is InChI=1S/C21H26N4O3/c1-3-16-6-4-5-7-17(16)23-20-22-15(2)14-18(24-20)19(26)25-10-8-21(9-11-25)27-12-13-28-21/h4-7,14H,3,8-13H2,1-2H3,(H,22,23,24). The zero-order valence-electron chi connectivity index (χ0n) is 16.4. The number of para-hydroxylation sites is 1. The van der Waals surface area contributed by atoms with Gasteiger partial charge in [-0.3, -0.25) is 4.79 Å². The van der Waals surface area contributed by atoms with E-state index in [9.17, 15) is 4.79 Å². The summed E-state index contributed by atoms with van der Waals surface area (Å²) in [6.07, 6.45) is 2.29. The molecule has 2 aliphatic rings. The van der Waals surface area contributed by atoms with Crippen LogP contribution in [0.25, 0.3) is 0 Å². The van der Waals surface area contributed by atoms with Crippen LogP contribution in [0, 0.1) is 6.92 Å². The predicted molar refractivity (Wildman–Crippen MR) is 106 cm³/mol. The molecule has 1 N–H and O–H groups in total. The van der Waals surface area contributed by atoms with E-state index in [-0.39, 0.29) is 5.91 Å². The molecule has 2 aromatic rings. The molecule has 4 rings (SSSR count). The van der Waals surface area contributed by atoms with E-state index >= 15 is 0 Å². The van der Waals surface area contributed by atoms with Crippen molar-refractivity contribution in [3.8, 4) is 0 Å². The van der Waals surface area contributed by atoms with Crippen LogP contribution in [0.2, 0.25) is 0 Å². The molecule has 7 nitrogen and oxygen atoms in total. The number of likely N-dealkylation sites (tertiary alicyclic amines) is 1. The highest BCUT2D eigenvalue weighted by molar-refractivity contribution is 5.92. The van der Waals surface area contributed by atoms with Crippen molar-refractivity contribution in [2.75, 3.05) is 31.6 Å². The number of carbonyl (C=O) groups excluding carboxylic acids is 1. The Labute approximate surface area is 165 Å². The normalized spacial score (nSPS) is 18.4. The Morgan fingerprint density at radius 2 is 1.89 bits per heavy atom. The average molecular weight is 382 g/mol. The Morgan fingerprint density at radius 1 is 1.18 bits per heavy atom. The molecule has 0 bridgehead atoms. The number of amides is 1. The lowest BCUT2D eigenvalue weighted by Crippen LogP contribution is -2.47. The topological polar surface area (TPSA) is 76.6 Å². The second kappa shape index (κ2) is 7.85. The van der Waals surface area contributed by atoms with Gasteiger partial charge in [0.25, 0.3) is 5.91 Å². The Bertz CT molecular complexity index is 854. The molecular formula is C21H26N4O3. The molecule has 2 saturated heterocycles. The number of piperidine rings is 1. The van der Waals surface area contributed by atoms with Gasteiger partial charge in [-0.15, -0.1) is 0 Å². The van der Waals surface area contributed by atoms with Crippen molar-refractivity contribution in [3.05, 3.63) is 47.3 Å². The van der Waals surface area contributed by atoms with E-state index in [1.165, 1.54) is 5.56 Å². The van der Waals surface area contributed by atoms with Crippen molar-refractivity contribution in [2.45, 2.75) is 38.9 Å². The first-order chi connectivity index (χ1) is 13.6. The van der Waals surface area contributed by atoms with E-state index in [0.29, 0.717) is 50.8 Å². The fourth-order valence-electron chi connectivity index (χ4n) is 3.80. The van der Waals surface area contributed by atoms with Gasteiger partial charge in [-0.1, -0.05) is 25.1 Å². The van der Waals surface area contributed by atoms with Crippen LogP contribution in [0.15, 0.2) is 30.3 Å². The van der Waals surface area contributed by atoms with Crippen LogP contribution in [0.1, 0.15) is 41.5 Å². The first kappa shape index (κ1) is 18.8. The minimum Gasteiger partial charge on any atom is -0.347 e. The molecule has 148 valence electrons. The predicted octanol–water partition coefficient (Wildman–Crippen LogP) is 3.07. The van der Waals surface area contributed by atoms with Crippen molar-refractivity contribution >= 4 is 17.5 Å². The van der Waals surface area contributed by atoms with Crippen molar-refractivity contribution in [1.82, 2.24) is 14.9 Å². The first-order valence-electron chi connectivity index (χ1n) is 9.86. The summed E-state index contributed by atoms with van der Waals surface area (Å²) < 4.78 is 11.5. The molecule has 0 radical (unpaired) electrons. The van der Waals surface area contributed by atoms with Gasteiger partial charge in [0.15, 0.2) is 5.79 Å². The monoisotopic (exact) mass is 382 g/mol. The lowest BCUT2D eigenvalue weighted by Gasteiger charge is -2.37. The molecule has 0 aliphatic carbocycles. The van der Waals surface area contributed by atoms with E-state index in [0.717, 1.165) is 17.8 Å². The van der Waals surface area contributed by atoms with Gasteiger partial charge in [-0.25, -0.2) is 9.97 Å². The maximum atomic E-state index is 13.0. The second-order valence-electron chi connectivity index (χ2n) is 7.25. The van der Waals surface area contributed by atoms with Gasteiger partial charge in [0.05, 0.1) is 13.2 Å². The van der Waals surface area contributed by atoms with Crippen LogP contribution >= 0.6 is 0 Å². The van der Waals surface area contributed by atoms with E-state index in [2.05, 4.69) is 28.3 Å². The Balaban J connectivity index is 1.50. The third-order valence-corrected chi connectivity index (χ3v) is 5.34. The second-order valence-corrected chi connectivity index (χ2v) is 7.25. The van der Waals surface area contributed by atoms with Crippen LogP contribution < -0.4 is 5.32 Å². The molecule has 2 fully saturated rings. The number of carbonyl (C=O) groups is 1. The number of hydrogen-bond acceptors (Lipinski definition) is 6. The van der Waals surface area contributed by atoms with E-state index in [1.807, 2.05) is 30.0 Å². The summed E-state index contributed by atoms with van der Waals surface area (Å²) >= 11 is 0. The highest BCUT2D eigenvalue weighted by atomic mass is 16.7. The number of hydrogen-bond donors (Lipinski definition) is 1. The fraction of sp³-hybridized carbons (Fsp3) is 0.476. The van der Waals surface area contributed by atoms with E-state index in [1.54, 1.807) is 6.07 Å². The number of ether oxygens (including phenoxy) is 2. The van der Waals surface area contributed by atoms with Crippen molar-refractivity contribution in [2.24, 2.45) is 0 Å². The summed E-state index contributed by atoms with van der Waals surface area (Å²) in [7, 11) is 0. The molecule has 7 heteroatoms. The van der Waals surface area contributed by atoms with Crippen LogP contribution in [0.3, 0.4) is 0 Å². The van der Waals surface area contributed by atoms with Crippen LogP contribution in [0.5, 0.6) is 0 Å². The van der Waals surface area contributed by atoms with Gasteiger partial charge in [0.1, 0.15) is 5.69 Å². The Kier molecular flexibility index (Phi) is 5.28. The van der Waals surface area contributed by atoms with E-state index < -0.39 is 5.79 Å². The number of benzene rings is 1. The Hall–Kier alpha value is -2.51. The third-order valence-electron chi connectivity index (χ3n) is 5.34. The van der Waals surface area contributed by atoms with Gasteiger partial charge < -0.3 is 19.7 Å². The summed E-state index contributed by atoms with van der Waals surface area (Å²) in [6.45, 7) is 6.45. The summed E-state index contributed by atoms with van der Waals surface area (Å²) in [4.78, 5) is 23.8. The smallest absolute Gasteiger partial charge is 0.272 e. The molecule has 1 spiro atoms. The SMILES string of the molecule is CCc1ccccc1Nc1nc(C)cc(C(=O)N2CCC3(CC2)OCCO3)n1. The molecule has 3 heterocycles.